The van der Waals surface area contributed by atoms with Gasteiger partial charge in [0.25, 0.3) is 0 Å². The zero-order valence-corrected chi connectivity index (χ0v) is 13.6. The first-order chi connectivity index (χ1) is 10.8. The van der Waals surface area contributed by atoms with Crippen molar-refractivity contribution in [1.29, 1.82) is 0 Å². The van der Waals surface area contributed by atoms with Crippen LogP contribution >= 0.6 is 12.2 Å². The van der Waals surface area contributed by atoms with Crippen molar-refractivity contribution in [3.8, 4) is 0 Å². The van der Waals surface area contributed by atoms with Crippen molar-refractivity contribution in [1.82, 2.24) is 9.80 Å². The van der Waals surface area contributed by atoms with Gasteiger partial charge in [0, 0.05) is 38.0 Å². The number of rotatable bonds is 3. The summed E-state index contributed by atoms with van der Waals surface area (Å²) < 4.78 is 10.9. The highest BCUT2D eigenvalue weighted by molar-refractivity contribution is 7.81. The van der Waals surface area contributed by atoms with E-state index in [0.29, 0.717) is 0 Å². The molecule has 0 radical (unpaired) electrons. The Morgan fingerprint density at radius 1 is 0.909 bits per heavy atom. The Labute approximate surface area is 137 Å². The highest BCUT2D eigenvalue weighted by Gasteiger charge is 2.19. The highest BCUT2D eigenvalue weighted by Crippen LogP contribution is 2.21. The number of nitrogens with zero attached hydrogens (tertiary/aromatic N) is 2. The molecule has 0 atom stereocenters. The quantitative estimate of drug-likeness (QED) is 0.627. The van der Waals surface area contributed by atoms with Crippen LogP contribution in [0.2, 0.25) is 0 Å². The number of hydrogen-bond acceptors (Lipinski definition) is 4. The van der Waals surface area contributed by atoms with Crippen molar-refractivity contribution >= 4 is 22.8 Å². The summed E-state index contributed by atoms with van der Waals surface area (Å²) in [5.41, 5.74) is 2.30. The van der Waals surface area contributed by atoms with Crippen molar-refractivity contribution in [2.45, 2.75) is 0 Å². The zero-order valence-electron chi connectivity index (χ0n) is 12.7. The van der Waals surface area contributed by atoms with Gasteiger partial charge in [-0.1, -0.05) is 42.5 Å². The molecular weight excluding hydrogens is 296 g/mol. The first-order valence-corrected chi connectivity index (χ1v) is 8.21. The van der Waals surface area contributed by atoms with Crippen molar-refractivity contribution in [3.05, 3.63) is 42.1 Å². The topological polar surface area (TPSA) is 24.9 Å². The van der Waals surface area contributed by atoms with Crippen LogP contribution in [-0.4, -0.2) is 67.4 Å². The van der Waals surface area contributed by atoms with E-state index in [1.165, 1.54) is 5.56 Å². The molecule has 0 aliphatic carbocycles. The summed E-state index contributed by atoms with van der Waals surface area (Å²) in [6.07, 6.45) is 2.20. The van der Waals surface area contributed by atoms with Gasteiger partial charge in [-0.25, -0.2) is 0 Å². The fraction of sp³-hybridized carbons (Fsp3) is 0.471. The van der Waals surface area contributed by atoms with E-state index in [-0.39, 0.29) is 0 Å². The maximum absolute atomic E-state index is 5.79. The fourth-order valence-corrected chi connectivity index (χ4v) is 3.05. The smallest absolute Gasteiger partial charge is 0.111 e. The fourth-order valence-electron chi connectivity index (χ4n) is 2.70. The molecule has 0 saturated carbocycles. The van der Waals surface area contributed by atoms with Crippen LogP contribution in [0.3, 0.4) is 0 Å². The molecule has 2 aliphatic rings. The van der Waals surface area contributed by atoms with Gasteiger partial charge in [-0.15, -0.1) is 0 Å². The van der Waals surface area contributed by atoms with Crippen LogP contribution in [0.4, 0.5) is 0 Å². The zero-order chi connectivity index (χ0) is 15.2. The van der Waals surface area contributed by atoms with E-state index >= 15 is 0 Å². The first kappa shape index (κ1) is 15.5. The van der Waals surface area contributed by atoms with Gasteiger partial charge in [0.15, 0.2) is 0 Å². The molecule has 1 aromatic rings. The molecule has 2 saturated heterocycles. The molecule has 1 aromatic carbocycles. The Kier molecular flexibility index (Phi) is 5.43. The van der Waals surface area contributed by atoms with Gasteiger partial charge >= 0.3 is 0 Å². The second-order valence-corrected chi connectivity index (χ2v) is 5.85. The third kappa shape index (κ3) is 3.85. The molecule has 2 heterocycles. The molecule has 22 heavy (non-hydrogen) atoms. The number of thiocarbonyl (C=S) groups is 1. The van der Waals surface area contributed by atoms with Crippen LogP contribution in [0.1, 0.15) is 5.56 Å². The Bertz CT molecular complexity index is 521. The van der Waals surface area contributed by atoms with Gasteiger partial charge in [-0.2, -0.15) is 0 Å². The van der Waals surface area contributed by atoms with E-state index in [1.54, 1.807) is 0 Å². The molecular formula is C17H22N2O2S. The second-order valence-electron chi connectivity index (χ2n) is 5.46. The molecule has 0 aromatic heterocycles. The standard InChI is InChI=1S/C17H22N2O2S/c22-17(19-8-12-21-13-9-19)16(15-4-2-1-3-5-15)14-18-6-10-20-11-7-18/h1-5,14H,6-13H2/b16-14-. The van der Waals surface area contributed by atoms with E-state index in [9.17, 15) is 0 Å². The number of ether oxygens (including phenoxy) is 2. The second kappa shape index (κ2) is 7.72. The van der Waals surface area contributed by atoms with E-state index < -0.39 is 0 Å². The third-order valence-electron chi connectivity index (χ3n) is 3.97. The lowest BCUT2D eigenvalue weighted by Gasteiger charge is -2.32. The Balaban J connectivity index is 1.85. The lowest BCUT2D eigenvalue weighted by molar-refractivity contribution is 0.0595. The average Bonchev–Trinajstić information content (AvgIpc) is 2.61. The summed E-state index contributed by atoms with van der Waals surface area (Å²) >= 11 is 5.79. The third-order valence-corrected chi connectivity index (χ3v) is 4.45. The van der Waals surface area contributed by atoms with Crippen LogP contribution < -0.4 is 0 Å². The molecule has 0 amide bonds. The molecule has 2 aliphatic heterocycles. The summed E-state index contributed by atoms with van der Waals surface area (Å²) in [4.78, 5) is 5.47. The predicted molar refractivity (Wildman–Crippen MR) is 91.8 cm³/mol. The lowest BCUT2D eigenvalue weighted by atomic mass is 10.1. The largest absolute Gasteiger partial charge is 0.378 e. The summed E-state index contributed by atoms with van der Waals surface area (Å²) in [6, 6.07) is 10.4. The van der Waals surface area contributed by atoms with Crippen LogP contribution in [0.5, 0.6) is 0 Å². The normalized spacial score (nSPS) is 20.1. The molecule has 3 rings (SSSR count). The number of hydrogen-bond donors (Lipinski definition) is 0. The average molecular weight is 318 g/mol. The van der Waals surface area contributed by atoms with E-state index in [0.717, 1.165) is 63.2 Å². The minimum Gasteiger partial charge on any atom is -0.378 e. The molecule has 0 unspecified atom stereocenters. The van der Waals surface area contributed by atoms with Gasteiger partial charge < -0.3 is 19.3 Å². The lowest BCUT2D eigenvalue weighted by Crippen LogP contribution is -2.41. The molecule has 2 fully saturated rings. The molecule has 118 valence electrons. The number of morpholine rings is 2. The molecule has 5 heteroatoms. The van der Waals surface area contributed by atoms with Crippen LogP contribution in [0, 0.1) is 0 Å². The van der Waals surface area contributed by atoms with Crippen molar-refractivity contribution in [2.75, 3.05) is 52.6 Å². The van der Waals surface area contributed by atoms with Gasteiger partial charge in [-0.3, -0.25) is 0 Å². The number of benzene rings is 1. The van der Waals surface area contributed by atoms with Crippen molar-refractivity contribution in [3.63, 3.8) is 0 Å². The SMILES string of the molecule is S=C(/C(=C\N1CCOCC1)c1ccccc1)N1CCOCC1. The Hall–Kier alpha value is -1.43. The van der Waals surface area contributed by atoms with Gasteiger partial charge in [0.2, 0.25) is 0 Å². The maximum Gasteiger partial charge on any atom is 0.111 e. The maximum atomic E-state index is 5.79. The summed E-state index contributed by atoms with van der Waals surface area (Å²) in [5, 5.41) is 0. The van der Waals surface area contributed by atoms with Crippen molar-refractivity contribution < 1.29 is 9.47 Å². The summed E-state index contributed by atoms with van der Waals surface area (Å²) in [6.45, 7) is 6.63. The minimum absolute atomic E-state index is 0.750. The molecule has 0 spiro atoms. The Morgan fingerprint density at radius 2 is 1.50 bits per heavy atom. The van der Waals surface area contributed by atoms with Crippen LogP contribution in [0.15, 0.2) is 36.5 Å². The summed E-state index contributed by atoms with van der Waals surface area (Å²) in [7, 11) is 0. The van der Waals surface area contributed by atoms with Gasteiger partial charge in [-0.05, 0) is 5.56 Å². The summed E-state index contributed by atoms with van der Waals surface area (Å²) in [5.74, 6) is 0. The van der Waals surface area contributed by atoms with Crippen LogP contribution in [-0.2, 0) is 9.47 Å². The van der Waals surface area contributed by atoms with E-state index in [4.69, 9.17) is 21.7 Å². The predicted octanol–water partition coefficient (Wildman–Crippen LogP) is 2.02. The molecule has 0 bridgehead atoms. The van der Waals surface area contributed by atoms with Crippen LogP contribution in [0.25, 0.3) is 5.57 Å². The Morgan fingerprint density at radius 3 is 2.14 bits per heavy atom. The van der Waals surface area contributed by atoms with Gasteiger partial charge in [0.05, 0.1) is 26.4 Å². The monoisotopic (exact) mass is 318 g/mol. The van der Waals surface area contributed by atoms with Gasteiger partial charge in [0.1, 0.15) is 4.99 Å². The molecule has 4 nitrogen and oxygen atoms in total. The molecule has 0 N–H and O–H groups in total. The minimum atomic E-state index is 0.750. The van der Waals surface area contributed by atoms with E-state index in [1.807, 2.05) is 6.07 Å². The highest BCUT2D eigenvalue weighted by atomic mass is 32.1. The van der Waals surface area contributed by atoms with Crippen molar-refractivity contribution in [2.24, 2.45) is 0 Å². The van der Waals surface area contributed by atoms with E-state index in [2.05, 4.69) is 40.3 Å². The first-order valence-electron chi connectivity index (χ1n) is 7.80.